The van der Waals surface area contributed by atoms with Crippen LogP contribution in [0, 0.1) is 5.92 Å². The monoisotopic (exact) mass is 271 g/mol. The van der Waals surface area contributed by atoms with Crippen LogP contribution in [0.3, 0.4) is 0 Å². The molecular weight excluding hydrogens is 250 g/mol. The summed E-state index contributed by atoms with van der Waals surface area (Å²) >= 11 is 0. The van der Waals surface area contributed by atoms with Crippen LogP contribution >= 0.6 is 0 Å². The zero-order chi connectivity index (χ0) is 14.0. The Morgan fingerprint density at radius 2 is 2.05 bits per heavy atom. The molecule has 1 aliphatic rings. The Morgan fingerprint density at radius 1 is 1.30 bits per heavy atom. The number of hydrogen-bond acceptors (Lipinski definition) is 4. The molecule has 0 saturated heterocycles. The van der Waals surface area contributed by atoms with Crippen molar-refractivity contribution in [2.45, 2.75) is 38.2 Å². The van der Waals surface area contributed by atoms with E-state index in [0.717, 1.165) is 48.2 Å². The minimum Gasteiger partial charge on any atom is -0.388 e. The SMILES string of the molecule is CC1CCC(O)(CNc2cnnc3ccccc23)CC1. The van der Waals surface area contributed by atoms with E-state index in [1.54, 1.807) is 6.20 Å². The van der Waals surface area contributed by atoms with E-state index in [4.69, 9.17) is 0 Å². The fraction of sp³-hybridized carbons (Fsp3) is 0.500. The molecule has 1 aromatic heterocycles. The second-order valence-electron chi connectivity index (χ2n) is 6.04. The first-order valence-electron chi connectivity index (χ1n) is 7.33. The van der Waals surface area contributed by atoms with Gasteiger partial charge >= 0.3 is 0 Å². The van der Waals surface area contributed by atoms with E-state index >= 15 is 0 Å². The number of aromatic nitrogens is 2. The lowest BCUT2D eigenvalue weighted by Crippen LogP contribution is -2.40. The van der Waals surface area contributed by atoms with Gasteiger partial charge in [0, 0.05) is 11.9 Å². The molecule has 0 spiro atoms. The van der Waals surface area contributed by atoms with Gasteiger partial charge in [0.1, 0.15) is 0 Å². The largest absolute Gasteiger partial charge is 0.388 e. The molecule has 1 aliphatic carbocycles. The highest BCUT2D eigenvalue weighted by Crippen LogP contribution is 2.32. The molecule has 1 aromatic carbocycles. The third kappa shape index (κ3) is 2.75. The highest BCUT2D eigenvalue weighted by molar-refractivity contribution is 5.90. The minimum absolute atomic E-state index is 0.579. The lowest BCUT2D eigenvalue weighted by molar-refractivity contribution is 0.00503. The topological polar surface area (TPSA) is 58.0 Å². The number of anilines is 1. The normalized spacial score (nSPS) is 26.6. The van der Waals surface area contributed by atoms with Gasteiger partial charge in [-0.3, -0.25) is 0 Å². The number of nitrogens with zero attached hydrogens (tertiary/aromatic N) is 2. The third-order valence-corrected chi connectivity index (χ3v) is 4.36. The summed E-state index contributed by atoms with van der Waals surface area (Å²) in [5.41, 5.74) is 1.24. The standard InChI is InChI=1S/C16H21N3O/c1-12-6-8-16(20,9-7-12)11-17-15-10-18-19-14-5-3-2-4-13(14)15/h2-5,10,12,20H,6-9,11H2,1H3,(H,17,19). The van der Waals surface area contributed by atoms with Crippen LogP contribution in [0.2, 0.25) is 0 Å². The van der Waals surface area contributed by atoms with Gasteiger partial charge in [-0.2, -0.15) is 10.2 Å². The molecule has 0 atom stereocenters. The van der Waals surface area contributed by atoms with Gasteiger partial charge in [-0.15, -0.1) is 0 Å². The van der Waals surface area contributed by atoms with Crippen molar-refractivity contribution in [3.63, 3.8) is 0 Å². The van der Waals surface area contributed by atoms with Crippen molar-refractivity contribution in [2.75, 3.05) is 11.9 Å². The Balaban J connectivity index is 1.74. The maximum absolute atomic E-state index is 10.6. The van der Waals surface area contributed by atoms with E-state index in [0.29, 0.717) is 6.54 Å². The molecule has 0 radical (unpaired) electrons. The predicted molar refractivity (Wildman–Crippen MR) is 80.6 cm³/mol. The minimum atomic E-state index is -0.586. The van der Waals surface area contributed by atoms with Crippen LogP contribution in [-0.2, 0) is 0 Å². The van der Waals surface area contributed by atoms with Crippen molar-refractivity contribution in [3.05, 3.63) is 30.5 Å². The molecule has 1 fully saturated rings. The Labute approximate surface area is 119 Å². The van der Waals surface area contributed by atoms with Gasteiger partial charge in [0.05, 0.1) is 23.0 Å². The highest BCUT2D eigenvalue weighted by atomic mass is 16.3. The lowest BCUT2D eigenvalue weighted by atomic mass is 9.79. The third-order valence-electron chi connectivity index (χ3n) is 4.36. The molecular formula is C16H21N3O. The summed E-state index contributed by atoms with van der Waals surface area (Å²) in [5, 5.41) is 23.2. The summed E-state index contributed by atoms with van der Waals surface area (Å²) in [6.45, 7) is 2.84. The zero-order valence-electron chi connectivity index (χ0n) is 11.8. The fourth-order valence-electron chi connectivity index (χ4n) is 2.88. The molecule has 3 rings (SSSR count). The van der Waals surface area contributed by atoms with Crippen molar-refractivity contribution in [3.8, 4) is 0 Å². The average molecular weight is 271 g/mol. The lowest BCUT2D eigenvalue weighted by Gasteiger charge is -2.35. The van der Waals surface area contributed by atoms with Gasteiger partial charge in [-0.05, 0) is 37.7 Å². The quantitative estimate of drug-likeness (QED) is 0.901. The van der Waals surface area contributed by atoms with Crippen LogP contribution in [0.15, 0.2) is 30.5 Å². The fourth-order valence-corrected chi connectivity index (χ4v) is 2.88. The summed E-state index contributed by atoms with van der Waals surface area (Å²) < 4.78 is 0. The Hall–Kier alpha value is -1.68. The van der Waals surface area contributed by atoms with Crippen molar-refractivity contribution in [2.24, 2.45) is 5.92 Å². The maximum atomic E-state index is 10.6. The van der Waals surface area contributed by atoms with E-state index in [9.17, 15) is 5.11 Å². The first-order valence-corrected chi connectivity index (χ1v) is 7.33. The van der Waals surface area contributed by atoms with E-state index in [2.05, 4.69) is 22.4 Å². The van der Waals surface area contributed by atoms with Crippen LogP contribution in [0.25, 0.3) is 10.9 Å². The van der Waals surface area contributed by atoms with Gasteiger partial charge in [-0.1, -0.05) is 25.1 Å². The molecule has 0 bridgehead atoms. The van der Waals surface area contributed by atoms with Crippen LogP contribution < -0.4 is 5.32 Å². The van der Waals surface area contributed by atoms with E-state index in [1.165, 1.54) is 0 Å². The highest BCUT2D eigenvalue weighted by Gasteiger charge is 2.31. The Bertz CT molecular complexity index is 586. The van der Waals surface area contributed by atoms with Crippen molar-refractivity contribution < 1.29 is 5.11 Å². The number of benzene rings is 1. The van der Waals surface area contributed by atoms with E-state index in [1.807, 2.05) is 24.3 Å². The van der Waals surface area contributed by atoms with Gasteiger partial charge in [0.15, 0.2) is 0 Å². The van der Waals surface area contributed by atoms with Crippen molar-refractivity contribution >= 4 is 16.6 Å². The number of hydrogen-bond donors (Lipinski definition) is 2. The van der Waals surface area contributed by atoms with E-state index < -0.39 is 5.60 Å². The predicted octanol–water partition coefficient (Wildman–Crippen LogP) is 2.98. The first-order chi connectivity index (χ1) is 9.66. The molecule has 1 heterocycles. The van der Waals surface area contributed by atoms with Crippen LogP contribution in [-0.4, -0.2) is 27.4 Å². The summed E-state index contributed by atoms with van der Waals surface area (Å²) in [6.07, 6.45) is 5.69. The zero-order valence-corrected chi connectivity index (χ0v) is 11.8. The molecule has 2 aromatic rings. The molecule has 1 saturated carbocycles. The Kier molecular flexibility index (Phi) is 3.57. The van der Waals surface area contributed by atoms with E-state index in [-0.39, 0.29) is 0 Å². The van der Waals surface area contributed by atoms with Gasteiger partial charge < -0.3 is 10.4 Å². The smallest absolute Gasteiger partial charge is 0.0950 e. The maximum Gasteiger partial charge on any atom is 0.0950 e. The summed E-state index contributed by atoms with van der Waals surface area (Å²) in [4.78, 5) is 0. The number of aliphatic hydroxyl groups is 1. The number of fused-ring (bicyclic) bond motifs is 1. The van der Waals surface area contributed by atoms with Gasteiger partial charge in [0.25, 0.3) is 0 Å². The van der Waals surface area contributed by atoms with Crippen LogP contribution in [0.5, 0.6) is 0 Å². The summed E-state index contributed by atoms with van der Waals surface area (Å²) in [7, 11) is 0. The molecule has 0 aliphatic heterocycles. The molecule has 4 nitrogen and oxygen atoms in total. The second-order valence-corrected chi connectivity index (χ2v) is 6.04. The number of rotatable bonds is 3. The molecule has 0 unspecified atom stereocenters. The molecule has 106 valence electrons. The Morgan fingerprint density at radius 3 is 2.85 bits per heavy atom. The summed E-state index contributed by atoms with van der Waals surface area (Å²) in [6, 6.07) is 7.92. The summed E-state index contributed by atoms with van der Waals surface area (Å²) in [5.74, 6) is 0.735. The van der Waals surface area contributed by atoms with Crippen molar-refractivity contribution in [1.82, 2.24) is 10.2 Å². The molecule has 2 N–H and O–H groups in total. The number of nitrogens with one attached hydrogen (secondary N) is 1. The molecule has 20 heavy (non-hydrogen) atoms. The first kappa shape index (κ1) is 13.3. The molecule has 4 heteroatoms. The average Bonchev–Trinajstić information content (AvgIpc) is 2.49. The van der Waals surface area contributed by atoms with Gasteiger partial charge in [-0.25, -0.2) is 0 Å². The van der Waals surface area contributed by atoms with Crippen molar-refractivity contribution in [1.29, 1.82) is 0 Å². The van der Waals surface area contributed by atoms with Crippen LogP contribution in [0.4, 0.5) is 5.69 Å². The van der Waals surface area contributed by atoms with Crippen LogP contribution in [0.1, 0.15) is 32.6 Å². The second kappa shape index (κ2) is 5.37. The molecule has 0 amide bonds. The van der Waals surface area contributed by atoms with Gasteiger partial charge in [0.2, 0.25) is 0 Å².